The fourth-order valence-electron chi connectivity index (χ4n) is 2.32. The Kier molecular flexibility index (Phi) is 4.38. The molecule has 0 aliphatic carbocycles. The molecule has 0 aliphatic heterocycles. The van der Waals surface area contributed by atoms with Crippen LogP contribution in [0.1, 0.15) is 0 Å². The van der Waals surface area contributed by atoms with Gasteiger partial charge in [-0.1, -0.05) is 6.07 Å². The first-order valence-electron chi connectivity index (χ1n) is 7.15. The van der Waals surface area contributed by atoms with Gasteiger partial charge in [-0.15, -0.1) is 0 Å². The number of methoxy groups -OCH3 is 2. The van der Waals surface area contributed by atoms with Gasteiger partial charge >= 0.3 is 0 Å². The Morgan fingerprint density at radius 2 is 2.13 bits per heavy atom. The zero-order valence-corrected chi connectivity index (χ0v) is 12.9. The summed E-state index contributed by atoms with van der Waals surface area (Å²) >= 11 is 0. The molecular formula is C16H17FN4O2. The van der Waals surface area contributed by atoms with Gasteiger partial charge in [0.25, 0.3) is 0 Å². The zero-order chi connectivity index (χ0) is 16.2. The van der Waals surface area contributed by atoms with Crippen LogP contribution in [0.5, 0.6) is 5.75 Å². The van der Waals surface area contributed by atoms with E-state index >= 15 is 0 Å². The molecule has 3 aromatic rings. The van der Waals surface area contributed by atoms with Crippen molar-refractivity contribution in [1.29, 1.82) is 0 Å². The van der Waals surface area contributed by atoms with Crippen molar-refractivity contribution in [2.45, 2.75) is 0 Å². The average Bonchev–Trinajstić information content (AvgIpc) is 3.00. The summed E-state index contributed by atoms with van der Waals surface area (Å²) in [5.41, 5.74) is 1.78. The summed E-state index contributed by atoms with van der Waals surface area (Å²) in [6, 6.07) is 6.74. The van der Waals surface area contributed by atoms with E-state index in [0.29, 0.717) is 35.9 Å². The fourth-order valence-corrected chi connectivity index (χ4v) is 2.32. The summed E-state index contributed by atoms with van der Waals surface area (Å²) in [6.45, 7) is 1.16. The first-order chi connectivity index (χ1) is 11.2. The Morgan fingerprint density at radius 1 is 1.26 bits per heavy atom. The molecule has 2 aromatic heterocycles. The number of pyridine rings is 1. The first-order valence-corrected chi connectivity index (χ1v) is 7.15. The highest BCUT2D eigenvalue weighted by molar-refractivity contribution is 5.88. The maximum atomic E-state index is 14.4. The second kappa shape index (κ2) is 6.62. The predicted octanol–water partition coefficient (Wildman–Crippen LogP) is 2.83. The molecule has 0 spiro atoms. The van der Waals surface area contributed by atoms with Crippen LogP contribution in [0.4, 0.5) is 10.2 Å². The van der Waals surface area contributed by atoms with E-state index in [4.69, 9.17) is 9.47 Å². The molecule has 3 rings (SSSR count). The highest BCUT2D eigenvalue weighted by Gasteiger charge is 2.15. The van der Waals surface area contributed by atoms with Crippen LogP contribution in [0.25, 0.3) is 22.4 Å². The second-order valence-electron chi connectivity index (χ2n) is 4.88. The van der Waals surface area contributed by atoms with E-state index in [1.54, 1.807) is 37.6 Å². The van der Waals surface area contributed by atoms with Gasteiger partial charge < -0.3 is 19.8 Å². The van der Waals surface area contributed by atoms with Gasteiger partial charge in [0.15, 0.2) is 17.4 Å². The zero-order valence-electron chi connectivity index (χ0n) is 12.9. The molecule has 23 heavy (non-hydrogen) atoms. The molecule has 0 bridgehead atoms. The van der Waals surface area contributed by atoms with Crippen LogP contribution >= 0.6 is 0 Å². The fraction of sp³-hybridized carbons (Fsp3) is 0.250. The lowest BCUT2D eigenvalue weighted by atomic mass is 10.2. The van der Waals surface area contributed by atoms with Crippen LogP contribution in [0.15, 0.2) is 30.5 Å². The highest BCUT2D eigenvalue weighted by Crippen LogP contribution is 2.29. The maximum absolute atomic E-state index is 14.4. The van der Waals surface area contributed by atoms with Crippen molar-refractivity contribution < 1.29 is 13.9 Å². The number of hydrogen-bond acceptors (Lipinski definition) is 5. The van der Waals surface area contributed by atoms with Crippen LogP contribution < -0.4 is 10.1 Å². The Morgan fingerprint density at radius 3 is 2.91 bits per heavy atom. The molecule has 2 heterocycles. The molecule has 120 valence electrons. The third-order valence-corrected chi connectivity index (χ3v) is 3.44. The molecule has 0 unspecified atom stereocenters. The summed E-state index contributed by atoms with van der Waals surface area (Å²) in [4.78, 5) is 11.9. The number of benzene rings is 1. The largest absolute Gasteiger partial charge is 0.494 e. The molecule has 0 saturated carbocycles. The van der Waals surface area contributed by atoms with Gasteiger partial charge in [-0.25, -0.2) is 14.4 Å². The van der Waals surface area contributed by atoms with Crippen LogP contribution in [0.3, 0.4) is 0 Å². The number of fused-ring (bicyclic) bond motifs is 1. The van der Waals surface area contributed by atoms with Gasteiger partial charge in [-0.3, -0.25) is 0 Å². The lowest BCUT2D eigenvalue weighted by Crippen LogP contribution is -2.09. The van der Waals surface area contributed by atoms with Crippen LogP contribution in [0.2, 0.25) is 0 Å². The van der Waals surface area contributed by atoms with Gasteiger partial charge in [-0.05, 0) is 18.2 Å². The standard InChI is InChI=1S/C16H17FN4O2/c1-22-9-8-19-16-14-11(6-7-18-16)20-15(21-14)10-4-3-5-12(23-2)13(10)17/h3-7H,8-9H2,1-2H3,(H,18,19)(H,20,21). The third kappa shape index (κ3) is 2.95. The van der Waals surface area contributed by atoms with Gasteiger partial charge in [0.05, 0.1) is 24.8 Å². The van der Waals surface area contributed by atoms with Crippen molar-refractivity contribution >= 4 is 16.9 Å². The second-order valence-corrected chi connectivity index (χ2v) is 4.88. The van der Waals surface area contributed by atoms with Gasteiger partial charge in [0.1, 0.15) is 11.3 Å². The number of anilines is 1. The average molecular weight is 316 g/mol. The lowest BCUT2D eigenvalue weighted by Gasteiger charge is -2.05. The van der Waals surface area contributed by atoms with Gasteiger partial charge in [0, 0.05) is 19.9 Å². The summed E-state index contributed by atoms with van der Waals surface area (Å²) < 4.78 is 24.4. The quantitative estimate of drug-likeness (QED) is 0.684. The van der Waals surface area contributed by atoms with Crippen LogP contribution in [-0.4, -0.2) is 42.3 Å². The van der Waals surface area contributed by atoms with Crippen molar-refractivity contribution in [2.24, 2.45) is 0 Å². The van der Waals surface area contributed by atoms with Crippen LogP contribution in [-0.2, 0) is 4.74 Å². The number of nitrogens with zero attached hydrogens (tertiary/aromatic N) is 2. The third-order valence-electron chi connectivity index (χ3n) is 3.44. The molecule has 0 saturated heterocycles. The first kappa shape index (κ1) is 15.2. The number of halogens is 1. The predicted molar refractivity (Wildman–Crippen MR) is 86.2 cm³/mol. The lowest BCUT2D eigenvalue weighted by molar-refractivity contribution is 0.210. The Hall–Kier alpha value is -2.67. The van der Waals surface area contributed by atoms with Crippen molar-refractivity contribution in [3.05, 3.63) is 36.3 Å². The number of ether oxygens (including phenoxy) is 2. The molecule has 0 aliphatic rings. The number of H-pyrrole nitrogens is 1. The number of hydrogen-bond donors (Lipinski definition) is 2. The van der Waals surface area contributed by atoms with Gasteiger partial charge in [-0.2, -0.15) is 0 Å². The van der Waals surface area contributed by atoms with E-state index in [1.807, 2.05) is 0 Å². The summed E-state index contributed by atoms with van der Waals surface area (Å²) in [5, 5.41) is 3.15. The topological polar surface area (TPSA) is 72.1 Å². The van der Waals surface area contributed by atoms with Crippen molar-refractivity contribution in [3.8, 4) is 17.1 Å². The highest BCUT2D eigenvalue weighted by atomic mass is 19.1. The molecule has 0 amide bonds. The molecule has 7 heteroatoms. The molecule has 0 fully saturated rings. The number of aromatic nitrogens is 3. The number of nitrogens with one attached hydrogen (secondary N) is 2. The van der Waals surface area contributed by atoms with E-state index in [2.05, 4.69) is 20.3 Å². The van der Waals surface area contributed by atoms with E-state index < -0.39 is 5.82 Å². The molecule has 1 aromatic carbocycles. The molecule has 6 nitrogen and oxygen atoms in total. The molecule has 0 atom stereocenters. The van der Waals surface area contributed by atoms with E-state index in [9.17, 15) is 4.39 Å². The van der Waals surface area contributed by atoms with Crippen molar-refractivity contribution in [2.75, 3.05) is 32.7 Å². The van der Waals surface area contributed by atoms with Crippen molar-refractivity contribution in [3.63, 3.8) is 0 Å². The van der Waals surface area contributed by atoms with Crippen molar-refractivity contribution in [1.82, 2.24) is 15.0 Å². The van der Waals surface area contributed by atoms with Gasteiger partial charge in [0.2, 0.25) is 0 Å². The smallest absolute Gasteiger partial charge is 0.175 e. The molecule has 0 radical (unpaired) electrons. The van der Waals surface area contributed by atoms with E-state index in [-0.39, 0.29) is 5.75 Å². The van der Waals surface area contributed by atoms with E-state index in [1.165, 1.54) is 7.11 Å². The maximum Gasteiger partial charge on any atom is 0.175 e. The number of rotatable bonds is 6. The number of imidazole rings is 1. The summed E-state index contributed by atoms with van der Waals surface area (Å²) in [7, 11) is 3.07. The Labute approximate surface area is 132 Å². The van der Waals surface area contributed by atoms with E-state index in [0.717, 1.165) is 5.52 Å². The molecule has 2 N–H and O–H groups in total. The Balaban J connectivity index is 2.02. The number of aromatic amines is 1. The minimum Gasteiger partial charge on any atom is -0.494 e. The normalized spacial score (nSPS) is 10.9. The summed E-state index contributed by atoms with van der Waals surface area (Å²) in [6.07, 6.45) is 1.67. The van der Waals surface area contributed by atoms with Crippen LogP contribution in [0, 0.1) is 5.82 Å². The SMILES string of the molecule is COCCNc1nccc2[nH]c(-c3cccc(OC)c3F)nc12. The minimum atomic E-state index is -0.448. The molecular weight excluding hydrogens is 299 g/mol. The Bertz CT molecular complexity index is 819. The summed E-state index contributed by atoms with van der Waals surface area (Å²) in [5.74, 6) is 0.792. The minimum absolute atomic E-state index is 0.180. The monoisotopic (exact) mass is 316 g/mol.